The Morgan fingerprint density at radius 1 is 1.39 bits per heavy atom. The molecule has 0 aliphatic rings. The maximum Gasteiger partial charge on any atom is 0.254 e. The van der Waals surface area contributed by atoms with Gasteiger partial charge in [-0.05, 0) is 37.6 Å². The number of nitrogens with two attached hydrogens (primary N) is 1. The number of nitrogen functional groups attached to an aromatic ring is 1. The summed E-state index contributed by atoms with van der Waals surface area (Å²) in [5, 5.41) is 8.11. The summed E-state index contributed by atoms with van der Waals surface area (Å²) in [7, 11) is 0. The van der Waals surface area contributed by atoms with Crippen molar-refractivity contribution >= 4 is 17.4 Å². The number of rotatable bonds is 4. The first-order chi connectivity index (χ1) is 8.47. The molecular weight excluding hydrogens is 226 g/mol. The van der Waals surface area contributed by atoms with Gasteiger partial charge in [-0.25, -0.2) is 0 Å². The van der Waals surface area contributed by atoms with Crippen LogP contribution in [0.4, 0.5) is 5.69 Å². The molecule has 0 spiro atoms. The minimum absolute atomic E-state index is 0.185. The van der Waals surface area contributed by atoms with Crippen LogP contribution in [0.1, 0.15) is 25.8 Å². The van der Waals surface area contributed by atoms with Crippen molar-refractivity contribution in [3.05, 3.63) is 42.0 Å². The van der Waals surface area contributed by atoms with Crippen LogP contribution in [0.2, 0.25) is 0 Å². The van der Waals surface area contributed by atoms with E-state index in [-0.39, 0.29) is 11.7 Å². The summed E-state index contributed by atoms with van der Waals surface area (Å²) in [5.41, 5.74) is 7.35. The minimum Gasteiger partial charge on any atom is -0.399 e. The van der Waals surface area contributed by atoms with E-state index < -0.39 is 0 Å². The molecule has 0 saturated carbocycles. The van der Waals surface area contributed by atoms with Gasteiger partial charge in [-0.15, -0.1) is 0 Å². The lowest BCUT2D eigenvalue weighted by Gasteiger charge is -2.23. The van der Waals surface area contributed by atoms with Crippen LogP contribution < -0.4 is 5.73 Å². The molecular formula is C14H19N3O. The number of hydrogen-bond acceptors (Lipinski definition) is 3. The highest BCUT2D eigenvalue weighted by atomic mass is 16.2. The third kappa shape index (κ3) is 3.20. The van der Waals surface area contributed by atoms with E-state index in [0.29, 0.717) is 23.4 Å². The van der Waals surface area contributed by atoms with Crippen molar-refractivity contribution in [3.63, 3.8) is 0 Å². The number of amidine groups is 1. The third-order valence-electron chi connectivity index (χ3n) is 2.51. The Morgan fingerprint density at radius 3 is 2.39 bits per heavy atom. The standard InChI is InChI=1S/C14H19N3O/c1-4-9-17(14(18)10(2)3)13(16)11-5-7-12(15)8-6-11/h5-8,16H,2,4,9,15H2,1,3H3. The van der Waals surface area contributed by atoms with Gasteiger partial charge in [0.25, 0.3) is 5.91 Å². The van der Waals surface area contributed by atoms with Crippen molar-refractivity contribution in [2.24, 2.45) is 0 Å². The molecule has 1 amide bonds. The number of anilines is 1. The van der Waals surface area contributed by atoms with E-state index in [1.807, 2.05) is 6.92 Å². The fraction of sp³-hybridized carbons (Fsp3) is 0.286. The van der Waals surface area contributed by atoms with Gasteiger partial charge in [0.15, 0.2) is 0 Å². The summed E-state index contributed by atoms with van der Waals surface area (Å²) in [6, 6.07) is 6.93. The molecule has 0 bridgehead atoms. The number of nitrogens with zero attached hydrogens (tertiary/aromatic N) is 1. The number of hydrogen-bond donors (Lipinski definition) is 2. The summed E-state index contributed by atoms with van der Waals surface area (Å²) in [6.07, 6.45) is 0.788. The molecule has 0 radical (unpaired) electrons. The van der Waals surface area contributed by atoms with Crippen LogP contribution in [-0.4, -0.2) is 23.2 Å². The number of amides is 1. The zero-order valence-electron chi connectivity index (χ0n) is 10.9. The Bertz CT molecular complexity index is 462. The molecule has 1 rings (SSSR count). The second kappa shape index (κ2) is 6.00. The minimum atomic E-state index is -0.210. The lowest BCUT2D eigenvalue weighted by molar-refractivity contribution is -0.123. The van der Waals surface area contributed by atoms with Crippen LogP contribution in [0.3, 0.4) is 0 Å². The van der Waals surface area contributed by atoms with Crippen LogP contribution in [0, 0.1) is 5.41 Å². The van der Waals surface area contributed by atoms with E-state index in [0.717, 1.165) is 6.42 Å². The molecule has 0 unspecified atom stereocenters. The number of benzene rings is 1. The zero-order valence-corrected chi connectivity index (χ0v) is 10.9. The monoisotopic (exact) mass is 245 g/mol. The molecule has 3 N–H and O–H groups in total. The lowest BCUT2D eigenvalue weighted by atomic mass is 10.1. The largest absolute Gasteiger partial charge is 0.399 e. The topological polar surface area (TPSA) is 70.2 Å². The molecule has 0 atom stereocenters. The van der Waals surface area contributed by atoms with Gasteiger partial charge in [0, 0.05) is 23.4 Å². The molecule has 96 valence electrons. The Hall–Kier alpha value is -2.10. The van der Waals surface area contributed by atoms with Gasteiger partial charge in [0.05, 0.1) is 0 Å². The van der Waals surface area contributed by atoms with Crippen LogP contribution in [0.15, 0.2) is 36.4 Å². The maximum absolute atomic E-state index is 12.0. The first kappa shape index (κ1) is 14.0. The predicted octanol–water partition coefficient (Wildman–Crippen LogP) is 2.41. The summed E-state index contributed by atoms with van der Waals surface area (Å²) in [5.74, 6) is -0.0245. The zero-order chi connectivity index (χ0) is 13.7. The van der Waals surface area contributed by atoms with Crippen molar-refractivity contribution in [3.8, 4) is 0 Å². The average Bonchev–Trinajstić information content (AvgIpc) is 2.35. The van der Waals surface area contributed by atoms with Crippen molar-refractivity contribution in [2.75, 3.05) is 12.3 Å². The quantitative estimate of drug-likeness (QED) is 0.370. The SMILES string of the molecule is C=C(C)C(=O)N(CCC)C(=N)c1ccc(N)cc1. The second-order valence-corrected chi connectivity index (χ2v) is 4.21. The molecule has 0 aliphatic carbocycles. The van der Waals surface area contributed by atoms with Gasteiger partial charge in [-0.1, -0.05) is 13.5 Å². The first-order valence-corrected chi connectivity index (χ1v) is 5.89. The van der Waals surface area contributed by atoms with Crippen LogP contribution in [0.25, 0.3) is 0 Å². The number of carbonyl (C=O) groups excluding carboxylic acids is 1. The highest BCUT2D eigenvalue weighted by Crippen LogP contribution is 2.11. The van der Waals surface area contributed by atoms with E-state index in [1.165, 1.54) is 4.90 Å². The van der Waals surface area contributed by atoms with Gasteiger partial charge in [0.1, 0.15) is 5.84 Å². The normalized spacial score (nSPS) is 9.89. The van der Waals surface area contributed by atoms with E-state index in [4.69, 9.17) is 11.1 Å². The lowest BCUT2D eigenvalue weighted by Crippen LogP contribution is -2.37. The van der Waals surface area contributed by atoms with Crippen molar-refractivity contribution in [1.82, 2.24) is 4.90 Å². The van der Waals surface area contributed by atoms with Gasteiger partial charge in [-0.3, -0.25) is 15.1 Å². The van der Waals surface area contributed by atoms with Crippen molar-refractivity contribution in [2.45, 2.75) is 20.3 Å². The maximum atomic E-state index is 12.0. The second-order valence-electron chi connectivity index (χ2n) is 4.21. The molecule has 18 heavy (non-hydrogen) atoms. The summed E-state index contributed by atoms with van der Waals surface area (Å²) in [4.78, 5) is 13.4. The Morgan fingerprint density at radius 2 is 1.94 bits per heavy atom. The Kier molecular flexibility index (Phi) is 4.66. The molecule has 1 aromatic carbocycles. The fourth-order valence-corrected chi connectivity index (χ4v) is 1.57. The third-order valence-corrected chi connectivity index (χ3v) is 2.51. The van der Waals surface area contributed by atoms with Crippen LogP contribution in [0.5, 0.6) is 0 Å². The number of nitrogens with one attached hydrogen (secondary N) is 1. The molecule has 1 aromatic rings. The van der Waals surface area contributed by atoms with Gasteiger partial charge in [0.2, 0.25) is 0 Å². The highest BCUT2D eigenvalue weighted by molar-refractivity contribution is 6.10. The fourth-order valence-electron chi connectivity index (χ4n) is 1.57. The molecule has 0 heterocycles. The van der Waals surface area contributed by atoms with E-state index in [2.05, 4.69) is 6.58 Å². The van der Waals surface area contributed by atoms with Crippen molar-refractivity contribution in [1.29, 1.82) is 5.41 Å². The summed E-state index contributed by atoms with van der Waals surface area (Å²) < 4.78 is 0. The van der Waals surface area contributed by atoms with Gasteiger partial charge < -0.3 is 5.73 Å². The highest BCUT2D eigenvalue weighted by Gasteiger charge is 2.19. The number of carbonyl (C=O) groups is 1. The molecule has 4 nitrogen and oxygen atoms in total. The van der Waals surface area contributed by atoms with Gasteiger partial charge in [-0.2, -0.15) is 0 Å². The van der Waals surface area contributed by atoms with E-state index in [9.17, 15) is 4.79 Å². The molecule has 0 fully saturated rings. The van der Waals surface area contributed by atoms with Crippen molar-refractivity contribution < 1.29 is 4.79 Å². The average molecular weight is 245 g/mol. The smallest absolute Gasteiger partial charge is 0.254 e. The summed E-state index contributed by atoms with van der Waals surface area (Å²) in [6.45, 7) is 7.77. The van der Waals surface area contributed by atoms with E-state index >= 15 is 0 Å². The molecule has 0 saturated heterocycles. The Balaban J connectivity index is 2.99. The molecule has 0 aromatic heterocycles. The first-order valence-electron chi connectivity index (χ1n) is 5.89. The predicted molar refractivity (Wildman–Crippen MR) is 74.5 cm³/mol. The van der Waals surface area contributed by atoms with Gasteiger partial charge >= 0.3 is 0 Å². The van der Waals surface area contributed by atoms with Crippen LogP contribution >= 0.6 is 0 Å². The Labute approximate surface area is 108 Å². The van der Waals surface area contributed by atoms with Crippen LogP contribution in [-0.2, 0) is 4.79 Å². The molecule has 0 aliphatic heterocycles. The molecule has 4 heteroatoms. The van der Waals surface area contributed by atoms with E-state index in [1.54, 1.807) is 31.2 Å². The summed E-state index contributed by atoms with van der Waals surface area (Å²) >= 11 is 0.